The smallest absolute Gasteiger partial charge is 0.0929 e. The zero-order valence-electron chi connectivity index (χ0n) is 14.2. The summed E-state index contributed by atoms with van der Waals surface area (Å²) in [5.41, 5.74) is 1.43. The summed E-state index contributed by atoms with van der Waals surface area (Å²) in [7, 11) is 0. The van der Waals surface area contributed by atoms with Crippen molar-refractivity contribution < 1.29 is 0 Å². The molecule has 0 aliphatic heterocycles. The second-order valence-corrected chi connectivity index (χ2v) is 8.46. The van der Waals surface area contributed by atoms with Crippen molar-refractivity contribution in [3.8, 4) is 0 Å². The van der Waals surface area contributed by atoms with Gasteiger partial charge in [0.15, 0.2) is 0 Å². The van der Waals surface area contributed by atoms with Crippen LogP contribution in [0.2, 0.25) is 0 Å². The van der Waals surface area contributed by atoms with E-state index >= 15 is 0 Å². The maximum Gasteiger partial charge on any atom is 0.0929 e. The van der Waals surface area contributed by atoms with Crippen molar-refractivity contribution >= 4 is 11.3 Å². The SMILES string of the molecule is CCCNC(CCc1nc(C(C)(C)C)cs1)C1CCCC1. The van der Waals surface area contributed by atoms with Crippen LogP contribution in [0.15, 0.2) is 5.38 Å². The Morgan fingerprint density at radius 2 is 2.05 bits per heavy atom. The first-order valence-corrected chi connectivity index (χ1v) is 9.57. The second kappa shape index (κ2) is 7.73. The van der Waals surface area contributed by atoms with E-state index in [0.717, 1.165) is 18.9 Å². The highest BCUT2D eigenvalue weighted by Crippen LogP contribution is 2.30. The molecule has 0 bridgehead atoms. The number of hydrogen-bond acceptors (Lipinski definition) is 3. The molecule has 1 aliphatic carbocycles. The molecule has 120 valence electrons. The van der Waals surface area contributed by atoms with Gasteiger partial charge in [0.2, 0.25) is 0 Å². The molecule has 0 aromatic carbocycles. The number of thiazole rings is 1. The maximum absolute atomic E-state index is 4.85. The summed E-state index contributed by atoms with van der Waals surface area (Å²) in [6, 6.07) is 0.703. The summed E-state index contributed by atoms with van der Waals surface area (Å²) in [6.07, 6.45) is 9.33. The average molecular weight is 309 g/mol. The van der Waals surface area contributed by atoms with Crippen LogP contribution in [-0.2, 0) is 11.8 Å². The van der Waals surface area contributed by atoms with Gasteiger partial charge < -0.3 is 5.32 Å². The lowest BCUT2D eigenvalue weighted by Gasteiger charge is -2.24. The van der Waals surface area contributed by atoms with Gasteiger partial charge in [0, 0.05) is 23.3 Å². The Hall–Kier alpha value is -0.410. The Balaban J connectivity index is 1.89. The van der Waals surface area contributed by atoms with Gasteiger partial charge in [-0.3, -0.25) is 0 Å². The van der Waals surface area contributed by atoms with Crippen LogP contribution < -0.4 is 5.32 Å². The van der Waals surface area contributed by atoms with Crippen molar-refractivity contribution in [2.24, 2.45) is 5.92 Å². The van der Waals surface area contributed by atoms with Gasteiger partial charge in [0.05, 0.1) is 10.7 Å². The van der Waals surface area contributed by atoms with Crippen molar-refractivity contribution in [3.63, 3.8) is 0 Å². The molecule has 1 atom stereocenters. The number of aromatic nitrogens is 1. The first-order valence-electron chi connectivity index (χ1n) is 8.69. The average Bonchev–Trinajstić information content (AvgIpc) is 3.09. The van der Waals surface area contributed by atoms with Crippen LogP contribution >= 0.6 is 11.3 Å². The van der Waals surface area contributed by atoms with Gasteiger partial charge in [-0.1, -0.05) is 40.5 Å². The van der Waals surface area contributed by atoms with Crippen molar-refractivity contribution in [2.45, 2.75) is 84.1 Å². The number of nitrogens with zero attached hydrogens (tertiary/aromatic N) is 1. The van der Waals surface area contributed by atoms with Gasteiger partial charge in [0.25, 0.3) is 0 Å². The summed E-state index contributed by atoms with van der Waals surface area (Å²) < 4.78 is 0. The lowest BCUT2D eigenvalue weighted by Crippen LogP contribution is -2.36. The standard InChI is InChI=1S/C18H32N2S/c1-5-12-19-15(14-8-6-7-9-14)10-11-17-20-16(13-21-17)18(2,3)4/h13-15,19H,5-12H2,1-4H3. The summed E-state index contributed by atoms with van der Waals surface area (Å²) in [6.45, 7) is 10.2. The Bertz CT molecular complexity index is 413. The quantitative estimate of drug-likeness (QED) is 0.772. The lowest BCUT2D eigenvalue weighted by atomic mass is 9.93. The molecule has 0 amide bonds. The molecular formula is C18H32N2S. The summed E-state index contributed by atoms with van der Waals surface area (Å²) in [4.78, 5) is 4.85. The molecule has 1 unspecified atom stereocenters. The first kappa shape index (κ1) is 17.0. The fourth-order valence-electron chi connectivity index (χ4n) is 3.24. The minimum atomic E-state index is 0.181. The fourth-order valence-corrected chi connectivity index (χ4v) is 4.28. The largest absolute Gasteiger partial charge is 0.314 e. The van der Waals surface area contributed by atoms with Crippen LogP contribution in [0.1, 0.15) is 76.9 Å². The van der Waals surface area contributed by atoms with Gasteiger partial charge >= 0.3 is 0 Å². The number of rotatable bonds is 7. The molecule has 1 aliphatic rings. The molecule has 1 heterocycles. The summed E-state index contributed by atoms with van der Waals surface area (Å²) in [5.74, 6) is 0.901. The van der Waals surface area contributed by atoms with Gasteiger partial charge in [-0.15, -0.1) is 11.3 Å². The highest BCUT2D eigenvalue weighted by Gasteiger charge is 2.25. The van der Waals surface area contributed by atoms with Gasteiger partial charge in [-0.2, -0.15) is 0 Å². The third-order valence-electron chi connectivity index (χ3n) is 4.61. The molecule has 1 fully saturated rings. The van der Waals surface area contributed by atoms with Crippen LogP contribution in [0.3, 0.4) is 0 Å². The van der Waals surface area contributed by atoms with Crippen molar-refractivity contribution in [1.82, 2.24) is 10.3 Å². The van der Waals surface area contributed by atoms with Gasteiger partial charge in [-0.25, -0.2) is 4.98 Å². The molecule has 1 saturated carbocycles. The first-order chi connectivity index (χ1) is 10.0. The molecule has 21 heavy (non-hydrogen) atoms. The van der Waals surface area contributed by atoms with Crippen molar-refractivity contribution in [3.05, 3.63) is 16.1 Å². The summed E-state index contributed by atoms with van der Waals surface area (Å²) in [5, 5.41) is 7.37. The minimum absolute atomic E-state index is 0.181. The molecular weight excluding hydrogens is 276 g/mol. The predicted octanol–water partition coefficient (Wildman–Crippen LogP) is 4.93. The Morgan fingerprint density at radius 3 is 2.62 bits per heavy atom. The van der Waals surface area contributed by atoms with Crippen LogP contribution in [-0.4, -0.2) is 17.6 Å². The van der Waals surface area contributed by atoms with E-state index in [9.17, 15) is 0 Å². The molecule has 1 aromatic rings. The topological polar surface area (TPSA) is 24.9 Å². The van der Waals surface area contributed by atoms with E-state index in [-0.39, 0.29) is 5.41 Å². The molecule has 0 saturated heterocycles. The third kappa shape index (κ3) is 5.07. The van der Waals surface area contributed by atoms with E-state index in [1.54, 1.807) is 0 Å². The molecule has 1 N–H and O–H groups in total. The van der Waals surface area contributed by atoms with Crippen LogP contribution in [0.5, 0.6) is 0 Å². The Kier molecular flexibility index (Phi) is 6.24. The summed E-state index contributed by atoms with van der Waals surface area (Å²) >= 11 is 1.85. The van der Waals surface area contributed by atoms with E-state index < -0.39 is 0 Å². The van der Waals surface area contributed by atoms with Gasteiger partial charge in [-0.05, 0) is 38.1 Å². The zero-order valence-corrected chi connectivity index (χ0v) is 15.1. The molecule has 1 aromatic heterocycles. The minimum Gasteiger partial charge on any atom is -0.314 e. The molecule has 0 spiro atoms. The number of nitrogens with one attached hydrogen (secondary N) is 1. The van der Waals surface area contributed by atoms with Crippen LogP contribution in [0, 0.1) is 5.92 Å². The van der Waals surface area contributed by atoms with E-state index in [1.165, 1.54) is 49.2 Å². The number of hydrogen-bond donors (Lipinski definition) is 1. The normalized spacial score (nSPS) is 18.3. The maximum atomic E-state index is 4.85. The number of aryl methyl sites for hydroxylation is 1. The molecule has 2 nitrogen and oxygen atoms in total. The Morgan fingerprint density at radius 1 is 1.33 bits per heavy atom. The van der Waals surface area contributed by atoms with Crippen molar-refractivity contribution in [1.29, 1.82) is 0 Å². The van der Waals surface area contributed by atoms with Crippen molar-refractivity contribution in [2.75, 3.05) is 6.54 Å². The zero-order chi connectivity index (χ0) is 15.3. The van der Waals surface area contributed by atoms with E-state index in [1.807, 2.05) is 11.3 Å². The second-order valence-electron chi connectivity index (χ2n) is 7.52. The molecule has 0 radical (unpaired) electrons. The van der Waals surface area contributed by atoms with Gasteiger partial charge in [0.1, 0.15) is 0 Å². The van der Waals surface area contributed by atoms with Crippen LogP contribution in [0.25, 0.3) is 0 Å². The monoisotopic (exact) mass is 308 g/mol. The van der Waals surface area contributed by atoms with Crippen LogP contribution in [0.4, 0.5) is 0 Å². The lowest BCUT2D eigenvalue weighted by molar-refractivity contribution is 0.340. The Labute approximate surface area is 134 Å². The predicted molar refractivity (Wildman–Crippen MR) is 93.2 cm³/mol. The van der Waals surface area contributed by atoms with E-state index in [2.05, 4.69) is 38.4 Å². The third-order valence-corrected chi connectivity index (χ3v) is 5.52. The van der Waals surface area contributed by atoms with E-state index in [4.69, 9.17) is 4.98 Å². The highest BCUT2D eigenvalue weighted by molar-refractivity contribution is 7.09. The fraction of sp³-hybridized carbons (Fsp3) is 0.833. The highest BCUT2D eigenvalue weighted by atomic mass is 32.1. The van der Waals surface area contributed by atoms with E-state index in [0.29, 0.717) is 6.04 Å². The molecule has 3 heteroatoms. The molecule has 2 rings (SSSR count).